The zero-order valence-corrected chi connectivity index (χ0v) is 14.6. The second kappa shape index (κ2) is 9.47. The van der Waals surface area contributed by atoms with Crippen LogP contribution in [0.2, 0.25) is 0 Å². The largest absolute Gasteiger partial charge is 0.494 e. The molecule has 0 bridgehead atoms. The summed E-state index contributed by atoms with van der Waals surface area (Å²) in [5.74, 6) is 0.248. The van der Waals surface area contributed by atoms with Crippen LogP contribution in [0.1, 0.15) is 36.2 Å². The molecule has 0 fully saturated rings. The minimum atomic E-state index is -0.385. The fourth-order valence-electron chi connectivity index (χ4n) is 2.26. The molecule has 0 heterocycles. The Bertz CT molecular complexity index is 710. The Morgan fingerprint density at radius 1 is 1.04 bits per heavy atom. The van der Waals surface area contributed by atoms with E-state index in [4.69, 9.17) is 9.47 Å². The summed E-state index contributed by atoms with van der Waals surface area (Å²) in [6.45, 7) is 4.85. The molecule has 1 N–H and O–H groups in total. The van der Waals surface area contributed by atoms with Gasteiger partial charge >= 0.3 is 5.97 Å². The van der Waals surface area contributed by atoms with Crippen molar-refractivity contribution in [3.63, 3.8) is 0 Å². The van der Waals surface area contributed by atoms with Crippen LogP contribution in [0.3, 0.4) is 0 Å². The normalized spacial score (nSPS) is 10.2. The average Bonchev–Trinajstić information content (AvgIpc) is 2.61. The number of nitrogens with one attached hydrogen (secondary N) is 1. The molecule has 0 atom stereocenters. The number of esters is 1. The monoisotopic (exact) mass is 341 g/mol. The van der Waals surface area contributed by atoms with Crippen molar-refractivity contribution in [2.75, 3.05) is 18.5 Å². The third-order valence-electron chi connectivity index (χ3n) is 3.42. The second-order valence-corrected chi connectivity index (χ2v) is 5.52. The second-order valence-electron chi connectivity index (χ2n) is 5.52. The first-order chi connectivity index (χ1) is 12.1. The summed E-state index contributed by atoms with van der Waals surface area (Å²) in [6, 6.07) is 14.2. The van der Waals surface area contributed by atoms with Gasteiger partial charge in [0.2, 0.25) is 5.91 Å². The molecule has 0 radical (unpaired) electrons. The molecule has 5 heteroatoms. The summed E-state index contributed by atoms with van der Waals surface area (Å²) in [6.07, 6.45) is 1.02. The van der Waals surface area contributed by atoms with Gasteiger partial charge in [0, 0.05) is 5.69 Å². The van der Waals surface area contributed by atoms with Crippen LogP contribution < -0.4 is 10.1 Å². The first kappa shape index (κ1) is 18.5. The highest BCUT2D eigenvalue weighted by atomic mass is 16.5. The smallest absolute Gasteiger partial charge is 0.338 e. The van der Waals surface area contributed by atoms with Crippen LogP contribution in [-0.4, -0.2) is 25.1 Å². The van der Waals surface area contributed by atoms with Gasteiger partial charge in [-0.3, -0.25) is 4.79 Å². The van der Waals surface area contributed by atoms with E-state index in [1.165, 1.54) is 0 Å². The first-order valence-corrected chi connectivity index (χ1v) is 8.41. The van der Waals surface area contributed by atoms with Crippen LogP contribution in [0.15, 0.2) is 48.5 Å². The van der Waals surface area contributed by atoms with Gasteiger partial charge in [0.1, 0.15) is 5.75 Å². The van der Waals surface area contributed by atoms with Gasteiger partial charge in [0.05, 0.1) is 25.2 Å². The quantitative estimate of drug-likeness (QED) is 0.741. The van der Waals surface area contributed by atoms with Crippen LogP contribution in [0.5, 0.6) is 5.75 Å². The molecule has 2 rings (SSSR count). The minimum Gasteiger partial charge on any atom is -0.494 e. The van der Waals surface area contributed by atoms with Crippen LogP contribution in [-0.2, 0) is 16.0 Å². The summed E-state index contributed by atoms with van der Waals surface area (Å²) in [7, 11) is 0. The van der Waals surface area contributed by atoms with Gasteiger partial charge in [-0.2, -0.15) is 0 Å². The Morgan fingerprint density at radius 2 is 1.80 bits per heavy atom. The Morgan fingerprint density at radius 3 is 2.48 bits per heavy atom. The third-order valence-corrected chi connectivity index (χ3v) is 3.42. The summed E-state index contributed by atoms with van der Waals surface area (Å²) < 4.78 is 10.5. The predicted octanol–water partition coefficient (Wildman–Crippen LogP) is 3.83. The SMILES string of the molecule is CCCOC(=O)c1cccc(NC(=O)Cc2ccc(OCC)cc2)c1. The van der Waals surface area contributed by atoms with E-state index in [1.807, 2.05) is 38.1 Å². The van der Waals surface area contributed by atoms with Crippen molar-refractivity contribution in [3.8, 4) is 5.75 Å². The molecule has 0 spiro atoms. The van der Waals surface area contributed by atoms with Crippen LogP contribution in [0, 0.1) is 0 Å². The molecule has 1 amide bonds. The van der Waals surface area contributed by atoms with Gasteiger partial charge in [-0.25, -0.2) is 4.79 Å². The van der Waals surface area contributed by atoms with E-state index in [-0.39, 0.29) is 18.3 Å². The van der Waals surface area contributed by atoms with Gasteiger partial charge in [0.15, 0.2) is 0 Å². The van der Waals surface area contributed by atoms with Crippen molar-refractivity contribution >= 4 is 17.6 Å². The van der Waals surface area contributed by atoms with E-state index < -0.39 is 0 Å². The molecular weight excluding hydrogens is 318 g/mol. The molecule has 0 saturated carbocycles. The van der Waals surface area contributed by atoms with Crippen molar-refractivity contribution in [2.45, 2.75) is 26.7 Å². The topological polar surface area (TPSA) is 64.6 Å². The maximum atomic E-state index is 12.2. The predicted molar refractivity (Wildman–Crippen MR) is 97.0 cm³/mol. The summed E-state index contributed by atoms with van der Waals surface area (Å²) in [5.41, 5.74) is 1.88. The summed E-state index contributed by atoms with van der Waals surface area (Å²) >= 11 is 0. The van der Waals surface area contributed by atoms with E-state index in [0.717, 1.165) is 17.7 Å². The molecule has 2 aromatic carbocycles. The molecule has 0 aliphatic heterocycles. The Labute approximate surface area is 148 Å². The third kappa shape index (κ3) is 5.95. The zero-order chi connectivity index (χ0) is 18.1. The van der Waals surface area contributed by atoms with Crippen molar-refractivity contribution in [1.29, 1.82) is 0 Å². The van der Waals surface area contributed by atoms with Gasteiger partial charge in [-0.15, -0.1) is 0 Å². The highest BCUT2D eigenvalue weighted by Gasteiger charge is 2.09. The van der Waals surface area contributed by atoms with E-state index in [9.17, 15) is 9.59 Å². The number of rotatable bonds is 8. The molecule has 0 aliphatic rings. The van der Waals surface area contributed by atoms with Crippen LogP contribution in [0.4, 0.5) is 5.69 Å². The highest BCUT2D eigenvalue weighted by Crippen LogP contribution is 2.15. The van der Waals surface area contributed by atoms with Gasteiger partial charge in [-0.05, 0) is 49.2 Å². The maximum Gasteiger partial charge on any atom is 0.338 e. The lowest BCUT2D eigenvalue weighted by Gasteiger charge is -2.08. The van der Waals surface area contributed by atoms with Crippen LogP contribution in [0.25, 0.3) is 0 Å². The fraction of sp³-hybridized carbons (Fsp3) is 0.300. The number of carbonyl (C=O) groups is 2. The molecular formula is C20H23NO4. The van der Waals surface area contributed by atoms with Crippen molar-refractivity contribution in [3.05, 3.63) is 59.7 Å². The molecule has 0 unspecified atom stereocenters. The van der Waals surface area contributed by atoms with Gasteiger partial charge in [-0.1, -0.05) is 25.1 Å². The Balaban J connectivity index is 1.94. The lowest BCUT2D eigenvalue weighted by molar-refractivity contribution is -0.115. The molecule has 0 aliphatic carbocycles. The minimum absolute atomic E-state index is 0.150. The molecule has 0 saturated heterocycles. The maximum absolute atomic E-state index is 12.2. The highest BCUT2D eigenvalue weighted by molar-refractivity contribution is 5.95. The van der Waals surface area contributed by atoms with Crippen molar-refractivity contribution < 1.29 is 19.1 Å². The fourth-order valence-corrected chi connectivity index (χ4v) is 2.26. The van der Waals surface area contributed by atoms with Crippen molar-refractivity contribution in [1.82, 2.24) is 0 Å². The lowest BCUT2D eigenvalue weighted by Crippen LogP contribution is -2.15. The van der Waals surface area contributed by atoms with E-state index >= 15 is 0 Å². The molecule has 25 heavy (non-hydrogen) atoms. The molecule has 5 nitrogen and oxygen atoms in total. The van der Waals surface area contributed by atoms with Gasteiger partial charge in [0.25, 0.3) is 0 Å². The first-order valence-electron chi connectivity index (χ1n) is 8.41. The molecule has 2 aromatic rings. The number of ether oxygens (including phenoxy) is 2. The molecule has 132 valence electrons. The Hall–Kier alpha value is -2.82. The summed E-state index contributed by atoms with van der Waals surface area (Å²) in [5, 5.41) is 2.80. The van der Waals surface area contributed by atoms with Gasteiger partial charge < -0.3 is 14.8 Å². The lowest BCUT2D eigenvalue weighted by atomic mass is 10.1. The summed E-state index contributed by atoms with van der Waals surface area (Å²) in [4.78, 5) is 24.1. The van der Waals surface area contributed by atoms with Crippen molar-refractivity contribution in [2.24, 2.45) is 0 Å². The number of amides is 1. The number of anilines is 1. The average molecular weight is 341 g/mol. The Kier molecular flexibility index (Phi) is 7.01. The number of hydrogen-bond donors (Lipinski definition) is 1. The molecule has 0 aromatic heterocycles. The van der Waals surface area contributed by atoms with E-state index in [2.05, 4.69) is 5.32 Å². The zero-order valence-electron chi connectivity index (χ0n) is 14.6. The number of carbonyl (C=O) groups excluding carboxylic acids is 2. The standard InChI is InChI=1S/C20H23NO4/c1-3-12-25-20(23)16-6-5-7-17(14-16)21-19(22)13-15-8-10-18(11-9-15)24-4-2/h5-11,14H,3-4,12-13H2,1-2H3,(H,21,22). The number of benzene rings is 2. The number of hydrogen-bond acceptors (Lipinski definition) is 4. The van der Waals surface area contributed by atoms with E-state index in [1.54, 1.807) is 24.3 Å². The van der Waals surface area contributed by atoms with Crippen LogP contribution >= 0.6 is 0 Å². The van der Waals surface area contributed by atoms with E-state index in [0.29, 0.717) is 24.5 Å².